The molecule has 0 bridgehead atoms. The summed E-state index contributed by atoms with van der Waals surface area (Å²) in [7, 11) is 0. The minimum absolute atomic E-state index is 0.0219. The molecule has 22 heavy (non-hydrogen) atoms. The quantitative estimate of drug-likeness (QED) is 0.692. The third-order valence-corrected chi connectivity index (χ3v) is 4.25. The molecule has 0 fully saturated rings. The number of halogens is 1. The van der Waals surface area contributed by atoms with Crippen LogP contribution < -0.4 is 4.74 Å². The van der Waals surface area contributed by atoms with Gasteiger partial charge >= 0.3 is 0 Å². The topological polar surface area (TPSA) is 26.3 Å². The van der Waals surface area contributed by atoms with Crippen molar-refractivity contribution in [1.29, 1.82) is 0 Å². The lowest BCUT2D eigenvalue weighted by atomic mass is 9.94. The van der Waals surface area contributed by atoms with Gasteiger partial charge in [-0.1, -0.05) is 25.4 Å². The average molecular weight is 317 g/mol. The molecule has 0 aliphatic heterocycles. The van der Waals surface area contributed by atoms with E-state index in [9.17, 15) is 4.79 Å². The van der Waals surface area contributed by atoms with Crippen LogP contribution in [-0.2, 0) is 0 Å². The van der Waals surface area contributed by atoms with Crippen molar-refractivity contribution in [2.75, 3.05) is 0 Å². The van der Waals surface area contributed by atoms with Gasteiger partial charge in [0, 0.05) is 16.1 Å². The average Bonchev–Trinajstić information content (AvgIpc) is 2.47. The maximum atomic E-state index is 12.4. The van der Waals surface area contributed by atoms with Crippen LogP contribution in [0.2, 0.25) is 5.02 Å². The van der Waals surface area contributed by atoms with E-state index in [2.05, 4.69) is 27.7 Å². The van der Waals surface area contributed by atoms with E-state index in [0.717, 1.165) is 5.75 Å². The van der Waals surface area contributed by atoms with E-state index in [1.54, 1.807) is 36.4 Å². The third-order valence-electron chi connectivity index (χ3n) is 3.99. The second kappa shape index (κ2) is 6.53. The van der Waals surface area contributed by atoms with Crippen molar-refractivity contribution in [3.8, 4) is 5.75 Å². The van der Waals surface area contributed by atoms with Crippen LogP contribution in [-0.4, -0.2) is 11.4 Å². The Bertz CT molecular complexity index is 640. The molecule has 0 heterocycles. The number of hydrogen-bond donors (Lipinski definition) is 0. The molecule has 0 N–H and O–H groups in total. The molecule has 0 radical (unpaired) electrons. The van der Waals surface area contributed by atoms with E-state index in [-0.39, 0.29) is 11.4 Å². The van der Waals surface area contributed by atoms with Crippen molar-refractivity contribution in [1.82, 2.24) is 0 Å². The number of rotatable bonds is 5. The molecule has 2 nitrogen and oxygen atoms in total. The summed E-state index contributed by atoms with van der Waals surface area (Å²) in [6, 6.07) is 14.2. The number of ether oxygens (including phenoxy) is 1. The fourth-order valence-electron chi connectivity index (χ4n) is 1.86. The number of carbonyl (C=O) groups is 1. The van der Waals surface area contributed by atoms with E-state index in [1.807, 2.05) is 12.1 Å². The Morgan fingerprint density at radius 3 is 1.86 bits per heavy atom. The highest BCUT2D eigenvalue weighted by molar-refractivity contribution is 6.30. The first-order chi connectivity index (χ1) is 10.3. The van der Waals surface area contributed by atoms with Crippen LogP contribution in [0.25, 0.3) is 0 Å². The zero-order valence-corrected chi connectivity index (χ0v) is 14.1. The summed E-state index contributed by atoms with van der Waals surface area (Å²) >= 11 is 5.84. The smallest absolute Gasteiger partial charge is 0.193 e. The van der Waals surface area contributed by atoms with E-state index >= 15 is 0 Å². The van der Waals surface area contributed by atoms with Gasteiger partial charge in [-0.2, -0.15) is 0 Å². The molecule has 0 amide bonds. The summed E-state index contributed by atoms with van der Waals surface area (Å²) < 4.78 is 5.99. The predicted molar refractivity (Wildman–Crippen MR) is 90.9 cm³/mol. The van der Waals surface area contributed by atoms with Crippen molar-refractivity contribution < 1.29 is 9.53 Å². The summed E-state index contributed by atoms with van der Waals surface area (Å²) in [6.45, 7) is 8.37. The van der Waals surface area contributed by atoms with Crippen LogP contribution in [0, 0.1) is 5.92 Å². The third kappa shape index (κ3) is 3.89. The molecule has 0 aliphatic rings. The molecule has 2 aromatic carbocycles. The molecule has 3 heteroatoms. The highest BCUT2D eigenvalue weighted by atomic mass is 35.5. The van der Waals surface area contributed by atoms with Crippen molar-refractivity contribution in [3.63, 3.8) is 0 Å². The maximum absolute atomic E-state index is 12.4. The molecule has 0 aromatic heterocycles. The van der Waals surface area contributed by atoms with Crippen LogP contribution in [0.5, 0.6) is 5.75 Å². The van der Waals surface area contributed by atoms with Crippen LogP contribution in [0.1, 0.15) is 43.6 Å². The highest BCUT2D eigenvalue weighted by Crippen LogP contribution is 2.25. The van der Waals surface area contributed by atoms with Crippen molar-refractivity contribution in [2.24, 2.45) is 5.92 Å². The van der Waals surface area contributed by atoms with Crippen LogP contribution in [0.15, 0.2) is 48.5 Å². The molecule has 0 saturated carbocycles. The Hall–Kier alpha value is -1.80. The van der Waals surface area contributed by atoms with Crippen molar-refractivity contribution in [3.05, 3.63) is 64.7 Å². The van der Waals surface area contributed by atoms with Gasteiger partial charge in [-0.3, -0.25) is 4.79 Å². The first-order valence-electron chi connectivity index (χ1n) is 7.39. The van der Waals surface area contributed by atoms with Crippen molar-refractivity contribution >= 4 is 17.4 Å². The van der Waals surface area contributed by atoms with Gasteiger partial charge in [0.15, 0.2) is 5.78 Å². The van der Waals surface area contributed by atoms with Gasteiger partial charge in [-0.25, -0.2) is 0 Å². The molecule has 0 spiro atoms. The molecule has 0 saturated heterocycles. The molecule has 0 aliphatic carbocycles. The minimum Gasteiger partial charge on any atom is -0.488 e. The van der Waals surface area contributed by atoms with Gasteiger partial charge in [0.2, 0.25) is 0 Å². The Kier molecular flexibility index (Phi) is 4.92. The Morgan fingerprint density at radius 2 is 1.41 bits per heavy atom. The maximum Gasteiger partial charge on any atom is 0.193 e. The van der Waals surface area contributed by atoms with Gasteiger partial charge in [0.05, 0.1) is 0 Å². The van der Waals surface area contributed by atoms with Crippen molar-refractivity contribution in [2.45, 2.75) is 33.3 Å². The zero-order valence-electron chi connectivity index (χ0n) is 13.4. The lowest BCUT2D eigenvalue weighted by Crippen LogP contribution is -2.34. The first kappa shape index (κ1) is 16.6. The summed E-state index contributed by atoms with van der Waals surface area (Å²) in [5, 5.41) is 0.621. The molecule has 0 atom stereocenters. The van der Waals surface area contributed by atoms with Gasteiger partial charge in [-0.05, 0) is 68.3 Å². The molecular formula is C19H21ClO2. The SMILES string of the molecule is CC(C)C(C)(C)Oc1ccc(C(=O)c2ccc(Cl)cc2)cc1. The fourth-order valence-corrected chi connectivity index (χ4v) is 1.99. The van der Waals surface area contributed by atoms with Gasteiger partial charge < -0.3 is 4.74 Å². The second-order valence-corrected chi connectivity index (χ2v) is 6.66. The number of ketones is 1. The van der Waals surface area contributed by atoms with E-state index in [0.29, 0.717) is 22.1 Å². The lowest BCUT2D eigenvalue weighted by Gasteiger charge is -2.30. The number of hydrogen-bond acceptors (Lipinski definition) is 2. The Labute approximate surface area is 137 Å². The monoisotopic (exact) mass is 316 g/mol. The number of benzene rings is 2. The standard InChI is InChI=1S/C19H21ClO2/c1-13(2)19(3,4)22-17-11-7-15(8-12-17)18(21)14-5-9-16(20)10-6-14/h5-13H,1-4H3. The minimum atomic E-state index is -0.248. The second-order valence-electron chi connectivity index (χ2n) is 6.22. The van der Waals surface area contributed by atoms with E-state index in [4.69, 9.17) is 16.3 Å². The molecule has 2 aromatic rings. The Balaban J connectivity index is 2.15. The lowest BCUT2D eigenvalue weighted by molar-refractivity contribution is 0.0600. The fraction of sp³-hybridized carbons (Fsp3) is 0.316. The summed E-state index contributed by atoms with van der Waals surface area (Å²) in [5.41, 5.74) is 1.01. The van der Waals surface area contributed by atoms with Crippen LogP contribution >= 0.6 is 11.6 Å². The van der Waals surface area contributed by atoms with E-state index in [1.165, 1.54) is 0 Å². The molecular weight excluding hydrogens is 296 g/mol. The van der Waals surface area contributed by atoms with Gasteiger partial charge in [0.25, 0.3) is 0 Å². The molecule has 2 rings (SSSR count). The molecule has 0 unspecified atom stereocenters. The predicted octanol–water partition coefficient (Wildman–Crippen LogP) is 5.38. The van der Waals surface area contributed by atoms with Crippen LogP contribution in [0.3, 0.4) is 0 Å². The van der Waals surface area contributed by atoms with Crippen LogP contribution in [0.4, 0.5) is 0 Å². The largest absolute Gasteiger partial charge is 0.488 e. The normalized spacial score (nSPS) is 11.5. The number of carbonyl (C=O) groups excluding carboxylic acids is 1. The van der Waals surface area contributed by atoms with E-state index < -0.39 is 0 Å². The first-order valence-corrected chi connectivity index (χ1v) is 7.77. The Morgan fingerprint density at radius 1 is 0.955 bits per heavy atom. The summed E-state index contributed by atoms with van der Waals surface area (Å²) in [4.78, 5) is 12.4. The zero-order chi connectivity index (χ0) is 16.3. The van der Waals surface area contributed by atoms with Gasteiger partial charge in [0.1, 0.15) is 11.4 Å². The van der Waals surface area contributed by atoms with Gasteiger partial charge in [-0.15, -0.1) is 0 Å². The summed E-state index contributed by atoms with van der Waals surface area (Å²) in [6.07, 6.45) is 0. The highest BCUT2D eigenvalue weighted by Gasteiger charge is 2.24. The molecule has 116 valence electrons. The summed E-state index contributed by atoms with van der Waals surface area (Å²) in [5.74, 6) is 1.14.